The van der Waals surface area contributed by atoms with E-state index in [-0.39, 0.29) is 11.3 Å². The molecule has 2 aliphatic carbocycles. The second-order valence-electron chi connectivity index (χ2n) is 15.0. The van der Waals surface area contributed by atoms with Gasteiger partial charge < -0.3 is 23.7 Å². The Morgan fingerprint density at radius 2 is 1.56 bits per heavy atom. The van der Waals surface area contributed by atoms with Gasteiger partial charge in [-0.15, -0.1) is 0 Å². The van der Waals surface area contributed by atoms with Crippen LogP contribution in [0.5, 0.6) is 11.5 Å². The van der Waals surface area contributed by atoms with E-state index in [1.807, 2.05) is 70.2 Å². The number of nitrogens with zero attached hydrogens (tertiary/aromatic N) is 1. The summed E-state index contributed by atoms with van der Waals surface area (Å²) in [6.45, 7) is 17.8. The van der Waals surface area contributed by atoms with Crippen LogP contribution >= 0.6 is 0 Å². The number of amides is 1. The molecule has 8 nitrogen and oxygen atoms in total. The topological polar surface area (TPSA) is 83.5 Å². The number of hydrogen-bond donors (Lipinski definition) is 0. The molecular formula is C37H49NO7. The fourth-order valence-corrected chi connectivity index (χ4v) is 8.23. The summed E-state index contributed by atoms with van der Waals surface area (Å²) in [5.74, 6) is 1.27. The summed E-state index contributed by atoms with van der Waals surface area (Å²) in [6, 6.07) is 12.7. The van der Waals surface area contributed by atoms with Crippen molar-refractivity contribution in [3.05, 3.63) is 70.8 Å². The molecule has 1 heterocycles. The average molecular weight is 620 g/mol. The van der Waals surface area contributed by atoms with E-state index in [2.05, 4.69) is 26.8 Å². The second kappa shape index (κ2) is 11.4. The predicted octanol–water partition coefficient (Wildman–Crippen LogP) is 7.54. The van der Waals surface area contributed by atoms with Crippen LogP contribution in [0.4, 0.5) is 4.79 Å². The molecule has 0 spiro atoms. The minimum absolute atomic E-state index is 0.143. The fourth-order valence-electron chi connectivity index (χ4n) is 8.23. The Labute approximate surface area is 268 Å². The van der Waals surface area contributed by atoms with E-state index in [1.54, 1.807) is 28.1 Å². The summed E-state index contributed by atoms with van der Waals surface area (Å²) in [5.41, 5.74) is 1.36. The van der Waals surface area contributed by atoms with Gasteiger partial charge in [-0.1, -0.05) is 57.2 Å². The zero-order valence-electron chi connectivity index (χ0n) is 28.6. The molecule has 0 N–H and O–H groups in total. The Morgan fingerprint density at radius 1 is 0.933 bits per heavy atom. The lowest BCUT2D eigenvalue weighted by molar-refractivity contribution is -0.175. The molecule has 0 aromatic heterocycles. The summed E-state index contributed by atoms with van der Waals surface area (Å²) in [7, 11) is 3.39. The van der Waals surface area contributed by atoms with Crippen LogP contribution in [-0.4, -0.2) is 54.7 Å². The molecule has 0 radical (unpaired) electrons. The number of esters is 1. The van der Waals surface area contributed by atoms with Crippen LogP contribution in [0.15, 0.2) is 54.1 Å². The smallest absolute Gasteiger partial charge is 0.413 e. The van der Waals surface area contributed by atoms with Crippen molar-refractivity contribution in [2.45, 2.75) is 110 Å². The molecule has 1 fully saturated rings. The van der Waals surface area contributed by atoms with Gasteiger partial charge in [-0.25, -0.2) is 9.59 Å². The number of allylic oxidation sites excluding steroid dienone is 1. The van der Waals surface area contributed by atoms with Crippen molar-refractivity contribution < 1.29 is 33.3 Å². The van der Waals surface area contributed by atoms with Crippen molar-refractivity contribution in [3.63, 3.8) is 0 Å². The van der Waals surface area contributed by atoms with Gasteiger partial charge in [0.15, 0.2) is 6.10 Å². The first-order valence-electron chi connectivity index (χ1n) is 15.8. The van der Waals surface area contributed by atoms with Crippen LogP contribution in [0.25, 0.3) is 0 Å². The van der Waals surface area contributed by atoms with Crippen LogP contribution < -0.4 is 9.47 Å². The normalized spacial score (nSPS) is 28.3. The van der Waals surface area contributed by atoms with E-state index in [0.717, 1.165) is 40.2 Å². The molecule has 0 bridgehead atoms. The molecular weight excluding hydrogens is 570 g/mol. The van der Waals surface area contributed by atoms with Crippen LogP contribution in [0.1, 0.15) is 91.5 Å². The predicted molar refractivity (Wildman–Crippen MR) is 172 cm³/mol. The number of benzene rings is 2. The molecule has 8 heteroatoms. The van der Waals surface area contributed by atoms with Gasteiger partial charge in [-0.2, -0.15) is 0 Å². The van der Waals surface area contributed by atoms with Crippen LogP contribution in [0.3, 0.4) is 0 Å². The zero-order valence-corrected chi connectivity index (χ0v) is 28.6. The van der Waals surface area contributed by atoms with E-state index in [9.17, 15) is 9.59 Å². The van der Waals surface area contributed by atoms with Crippen molar-refractivity contribution in [2.24, 2.45) is 11.3 Å². The average Bonchev–Trinajstić information content (AvgIpc) is 3.24. The van der Waals surface area contributed by atoms with Crippen LogP contribution in [0.2, 0.25) is 0 Å². The second-order valence-corrected chi connectivity index (χ2v) is 15.0. The first kappa shape index (κ1) is 32.9. The van der Waals surface area contributed by atoms with E-state index < -0.39 is 47.1 Å². The van der Waals surface area contributed by atoms with Crippen molar-refractivity contribution >= 4 is 12.1 Å². The van der Waals surface area contributed by atoms with Gasteiger partial charge >= 0.3 is 12.1 Å². The minimum Gasteiger partial charge on any atom is -0.496 e. The SMILES string of the molecule is COc1ccc(OC)c2c1C[C@]1(C)C(OC(=O)[C@@H]3OC(C)(C)N(C(=O)OC(C)(C)C)[C@H]3c3ccccc3)C(C)=CC[C@H]1C2(C)C. The molecule has 244 valence electrons. The first-order chi connectivity index (χ1) is 21.0. The van der Waals surface area contributed by atoms with Gasteiger partial charge in [0.25, 0.3) is 0 Å². The number of carbonyl (C=O) groups is 2. The number of ether oxygens (including phenoxy) is 5. The van der Waals surface area contributed by atoms with E-state index in [4.69, 9.17) is 23.7 Å². The summed E-state index contributed by atoms with van der Waals surface area (Å²) < 4.78 is 30.6. The van der Waals surface area contributed by atoms with Gasteiger partial charge in [0.05, 0.1) is 14.2 Å². The molecule has 3 aliphatic rings. The molecule has 5 atom stereocenters. The molecule has 1 amide bonds. The minimum atomic E-state index is -1.13. The van der Waals surface area contributed by atoms with Gasteiger partial charge in [0.2, 0.25) is 0 Å². The van der Waals surface area contributed by atoms with E-state index in [1.165, 1.54) is 4.90 Å². The van der Waals surface area contributed by atoms with E-state index in [0.29, 0.717) is 6.42 Å². The van der Waals surface area contributed by atoms with Crippen LogP contribution in [-0.2, 0) is 30.8 Å². The number of carbonyl (C=O) groups excluding carboxylic acids is 2. The molecule has 1 unspecified atom stereocenters. The highest BCUT2D eigenvalue weighted by Crippen LogP contribution is 2.60. The number of fused-ring (bicyclic) bond motifs is 2. The molecule has 1 saturated heterocycles. The highest BCUT2D eigenvalue weighted by atomic mass is 16.6. The number of methoxy groups -OCH3 is 2. The maximum atomic E-state index is 14.4. The molecule has 2 aromatic carbocycles. The summed E-state index contributed by atoms with van der Waals surface area (Å²) in [4.78, 5) is 29.6. The van der Waals surface area contributed by atoms with Crippen LogP contribution in [0, 0.1) is 11.3 Å². The lowest BCUT2D eigenvalue weighted by atomic mass is 9.49. The third-order valence-electron chi connectivity index (χ3n) is 9.99. The summed E-state index contributed by atoms with van der Waals surface area (Å²) in [6.07, 6.45) is 1.54. The maximum absolute atomic E-state index is 14.4. The molecule has 1 aliphatic heterocycles. The Morgan fingerprint density at radius 3 is 2.16 bits per heavy atom. The largest absolute Gasteiger partial charge is 0.496 e. The highest BCUT2D eigenvalue weighted by Gasteiger charge is 2.59. The monoisotopic (exact) mass is 619 g/mol. The molecule has 5 rings (SSSR count). The quantitative estimate of drug-likeness (QED) is 0.253. The Kier molecular flexibility index (Phi) is 8.31. The molecule has 0 saturated carbocycles. The molecule has 45 heavy (non-hydrogen) atoms. The third-order valence-corrected chi connectivity index (χ3v) is 9.99. The zero-order chi connectivity index (χ0) is 33.1. The van der Waals surface area contributed by atoms with Crippen molar-refractivity contribution in [1.82, 2.24) is 4.90 Å². The summed E-state index contributed by atoms with van der Waals surface area (Å²) >= 11 is 0. The third kappa shape index (κ3) is 5.60. The lowest BCUT2D eigenvalue weighted by Crippen LogP contribution is -2.56. The Bertz CT molecular complexity index is 1490. The van der Waals surface area contributed by atoms with Gasteiger partial charge in [0, 0.05) is 16.5 Å². The Hall–Kier alpha value is -3.52. The first-order valence-corrected chi connectivity index (χ1v) is 15.8. The number of rotatable bonds is 5. The number of hydrogen-bond acceptors (Lipinski definition) is 7. The van der Waals surface area contributed by atoms with Crippen molar-refractivity contribution in [1.29, 1.82) is 0 Å². The fraction of sp³-hybridized carbons (Fsp3) is 0.568. The Balaban J connectivity index is 1.55. The van der Waals surface area contributed by atoms with Crippen molar-refractivity contribution in [2.75, 3.05) is 14.2 Å². The van der Waals surface area contributed by atoms with E-state index >= 15 is 0 Å². The highest BCUT2D eigenvalue weighted by molar-refractivity contribution is 5.80. The molecule has 2 aromatic rings. The lowest BCUT2D eigenvalue weighted by Gasteiger charge is -2.56. The van der Waals surface area contributed by atoms with Gasteiger partial charge in [-0.05, 0) is 89.0 Å². The van der Waals surface area contributed by atoms with Gasteiger partial charge in [0.1, 0.15) is 35.0 Å². The van der Waals surface area contributed by atoms with Gasteiger partial charge in [-0.3, -0.25) is 4.90 Å². The summed E-state index contributed by atoms with van der Waals surface area (Å²) in [5, 5.41) is 0. The maximum Gasteiger partial charge on any atom is 0.413 e. The standard InChI is InChI=1S/C37H49NO7/c1-22-17-20-27-35(5,6)28-24(25(41-10)18-19-26(28)42-11)21-37(27,9)31(22)43-32(39)30-29(23-15-13-12-14-16-23)38(36(7,8)44-30)33(40)45-34(2,3)4/h12-19,27,29-31H,20-21H2,1-11H3/t27-,29-,30+,31?,37-/m0/s1. The van der Waals surface area contributed by atoms with Crippen molar-refractivity contribution in [3.8, 4) is 11.5 Å².